The number of Topliss-reactive ketones (excluding diaryl/α,β-unsaturated/α-hetero) is 1. The second kappa shape index (κ2) is 6.68. The number of benzene rings is 1. The first-order valence-electron chi connectivity index (χ1n) is 6.01. The summed E-state index contributed by atoms with van der Waals surface area (Å²) in [7, 11) is 0. The summed E-state index contributed by atoms with van der Waals surface area (Å²) in [5.74, 6) is -1.04. The molecule has 19 heavy (non-hydrogen) atoms. The van der Waals surface area contributed by atoms with Crippen LogP contribution in [0.2, 0.25) is 0 Å². The van der Waals surface area contributed by atoms with Crippen molar-refractivity contribution in [3.63, 3.8) is 0 Å². The van der Waals surface area contributed by atoms with Crippen LogP contribution in [-0.2, 0) is 14.3 Å². The predicted molar refractivity (Wildman–Crippen MR) is 71.1 cm³/mol. The van der Waals surface area contributed by atoms with Gasteiger partial charge in [0.05, 0.1) is 18.6 Å². The van der Waals surface area contributed by atoms with Crippen molar-refractivity contribution in [2.75, 3.05) is 11.9 Å². The molecule has 1 amide bonds. The number of nitrogens with one attached hydrogen (secondary N) is 1. The number of hydrogen-bond acceptors (Lipinski definition) is 4. The fraction of sp³-hybridized carbons (Fsp3) is 0.357. The molecule has 0 fully saturated rings. The molecule has 1 rings (SSSR count). The van der Waals surface area contributed by atoms with Crippen molar-refractivity contribution in [3.05, 3.63) is 29.3 Å². The summed E-state index contributed by atoms with van der Waals surface area (Å²) in [4.78, 5) is 34.0. The molecular weight excluding hydrogens is 246 g/mol. The molecule has 0 saturated heterocycles. The van der Waals surface area contributed by atoms with E-state index in [0.717, 1.165) is 5.56 Å². The summed E-state index contributed by atoms with van der Waals surface area (Å²) in [6.45, 7) is 5.17. The Kier molecular flexibility index (Phi) is 5.23. The van der Waals surface area contributed by atoms with Crippen LogP contribution in [0.1, 0.15) is 36.2 Å². The van der Waals surface area contributed by atoms with Crippen molar-refractivity contribution < 1.29 is 19.1 Å². The van der Waals surface area contributed by atoms with Gasteiger partial charge in [-0.2, -0.15) is 0 Å². The normalized spacial score (nSPS) is 9.84. The van der Waals surface area contributed by atoms with E-state index in [-0.39, 0.29) is 12.2 Å². The van der Waals surface area contributed by atoms with Crippen molar-refractivity contribution in [2.24, 2.45) is 0 Å². The van der Waals surface area contributed by atoms with Crippen LogP contribution in [0.5, 0.6) is 0 Å². The fourth-order valence-electron chi connectivity index (χ4n) is 1.52. The van der Waals surface area contributed by atoms with E-state index >= 15 is 0 Å². The molecule has 0 aromatic heterocycles. The first-order valence-corrected chi connectivity index (χ1v) is 6.01. The SMILES string of the molecule is CCOC(=O)c1ccc(C)c(NC(=O)CC(C)=O)c1. The zero-order chi connectivity index (χ0) is 14.4. The largest absolute Gasteiger partial charge is 0.462 e. The van der Waals surface area contributed by atoms with Crippen molar-refractivity contribution in [3.8, 4) is 0 Å². The third-order valence-corrected chi connectivity index (χ3v) is 2.43. The molecule has 5 heteroatoms. The number of amides is 1. The molecule has 0 aliphatic carbocycles. The van der Waals surface area contributed by atoms with Gasteiger partial charge in [-0.25, -0.2) is 4.79 Å². The Bertz CT molecular complexity index is 508. The lowest BCUT2D eigenvalue weighted by Gasteiger charge is -2.09. The fourth-order valence-corrected chi connectivity index (χ4v) is 1.52. The average Bonchev–Trinajstić information content (AvgIpc) is 2.31. The summed E-state index contributed by atoms with van der Waals surface area (Å²) < 4.78 is 4.89. The lowest BCUT2D eigenvalue weighted by atomic mass is 10.1. The van der Waals surface area contributed by atoms with E-state index in [1.54, 1.807) is 32.0 Å². The molecule has 0 saturated carbocycles. The molecule has 0 atom stereocenters. The second-order valence-electron chi connectivity index (χ2n) is 4.18. The first-order chi connectivity index (χ1) is 8.93. The van der Waals surface area contributed by atoms with Crippen molar-refractivity contribution in [2.45, 2.75) is 27.2 Å². The average molecular weight is 263 g/mol. The number of hydrogen-bond donors (Lipinski definition) is 1. The highest BCUT2D eigenvalue weighted by molar-refractivity contribution is 6.04. The number of rotatable bonds is 5. The van der Waals surface area contributed by atoms with Gasteiger partial charge >= 0.3 is 5.97 Å². The Morgan fingerprint density at radius 1 is 1.26 bits per heavy atom. The Balaban J connectivity index is 2.88. The maximum atomic E-state index is 11.6. The van der Waals surface area contributed by atoms with Gasteiger partial charge in [0, 0.05) is 5.69 Å². The molecule has 0 heterocycles. The predicted octanol–water partition coefficient (Wildman–Crippen LogP) is 2.09. The molecule has 0 aliphatic heterocycles. The van der Waals surface area contributed by atoms with E-state index in [1.807, 2.05) is 0 Å². The van der Waals surface area contributed by atoms with E-state index in [9.17, 15) is 14.4 Å². The number of ether oxygens (including phenoxy) is 1. The number of anilines is 1. The minimum atomic E-state index is -0.440. The van der Waals surface area contributed by atoms with E-state index in [0.29, 0.717) is 17.9 Å². The quantitative estimate of drug-likeness (QED) is 0.652. The minimum Gasteiger partial charge on any atom is -0.462 e. The zero-order valence-corrected chi connectivity index (χ0v) is 11.3. The van der Waals surface area contributed by atoms with E-state index in [2.05, 4.69) is 5.32 Å². The molecule has 1 N–H and O–H groups in total. The highest BCUT2D eigenvalue weighted by Gasteiger charge is 2.11. The summed E-state index contributed by atoms with van der Waals surface area (Å²) in [6.07, 6.45) is -0.178. The molecule has 0 spiro atoms. The smallest absolute Gasteiger partial charge is 0.338 e. The number of aryl methyl sites for hydroxylation is 1. The number of esters is 1. The molecule has 0 radical (unpaired) electrons. The summed E-state index contributed by atoms with van der Waals surface area (Å²) in [5.41, 5.74) is 1.69. The monoisotopic (exact) mass is 263 g/mol. The topological polar surface area (TPSA) is 72.5 Å². The van der Waals surface area contributed by atoms with Crippen molar-refractivity contribution >= 4 is 23.3 Å². The molecule has 1 aromatic carbocycles. The Labute approximate surface area is 111 Å². The van der Waals surface area contributed by atoms with Crippen LogP contribution in [0.15, 0.2) is 18.2 Å². The molecule has 0 unspecified atom stereocenters. The lowest BCUT2D eigenvalue weighted by Crippen LogP contribution is -2.16. The van der Waals surface area contributed by atoms with Crippen LogP contribution in [-0.4, -0.2) is 24.3 Å². The molecule has 102 valence electrons. The minimum absolute atomic E-state index is 0.178. The van der Waals surface area contributed by atoms with Crippen LogP contribution < -0.4 is 5.32 Å². The Morgan fingerprint density at radius 2 is 1.95 bits per heavy atom. The number of carbonyl (C=O) groups excluding carboxylic acids is 3. The molecule has 0 aliphatic rings. The Morgan fingerprint density at radius 3 is 2.53 bits per heavy atom. The third-order valence-electron chi connectivity index (χ3n) is 2.43. The van der Waals surface area contributed by atoms with Gasteiger partial charge in [-0.3, -0.25) is 9.59 Å². The van der Waals surface area contributed by atoms with Crippen molar-refractivity contribution in [1.82, 2.24) is 0 Å². The molecule has 0 bridgehead atoms. The summed E-state index contributed by atoms with van der Waals surface area (Å²) in [5, 5.41) is 2.61. The maximum Gasteiger partial charge on any atom is 0.338 e. The first kappa shape index (κ1) is 14.9. The van der Waals surface area contributed by atoms with Gasteiger partial charge in [-0.05, 0) is 38.5 Å². The van der Waals surface area contributed by atoms with E-state index in [4.69, 9.17) is 4.74 Å². The zero-order valence-electron chi connectivity index (χ0n) is 11.3. The molecular formula is C14H17NO4. The highest BCUT2D eigenvalue weighted by atomic mass is 16.5. The van der Waals surface area contributed by atoms with Gasteiger partial charge in [0.15, 0.2) is 0 Å². The van der Waals surface area contributed by atoms with Crippen LogP contribution in [0.3, 0.4) is 0 Å². The van der Waals surface area contributed by atoms with E-state index < -0.39 is 11.9 Å². The standard InChI is InChI=1S/C14H17NO4/c1-4-19-14(18)11-6-5-9(2)12(8-11)15-13(17)7-10(3)16/h5-6,8H,4,7H2,1-3H3,(H,15,17). The maximum absolute atomic E-state index is 11.6. The van der Waals surface area contributed by atoms with E-state index in [1.165, 1.54) is 6.92 Å². The summed E-state index contributed by atoms with van der Waals surface area (Å²) >= 11 is 0. The van der Waals surface area contributed by atoms with Gasteiger partial charge in [0.25, 0.3) is 0 Å². The number of carbonyl (C=O) groups is 3. The van der Waals surface area contributed by atoms with Gasteiger partial charge in [0.2, 0.25) is 5.91 Å². The van der Waals surface area contributed by atoms with Crippen LogP contribution in [0, 0.1) is 6.92 Å². The summed E-state index contributed by atoms with van der Waals surface area (Å²) in [6, 6.07) is 4.90. The van der Waals surface area contributed by atoms with Gasteiger partial charge in [-0.15, -0.1) is 0 Å². The Hall–Kier alpha value is -2.17. The van der Waals surface area contributed by atoms with Crippen LogP contribution >= 0.6 is 0 Å². The lowest BCUT2D eigenvalue weighted by molar-refractivity contribution is -0.124. The van der Waals surface area contributed by atoms with Crippen molar-refractivity contribution in [1.29, 1.82) is 0 Å². The van der Waals surface area contributed by atoms with Gasteiger partial charge in [0.1, 0.15) is 5.78 Å². The van der Waals surface area contributed by atoms with Crippen LogP contribution in [0.4, 0.5) is 5.69 Å². The second-order valence-corrected chi connectivity index (χ2v) is 4.18. The molecule has 1 aromatic rings. The van der Waals surface area contributed by atoms with Gasteiger partial charge in [-0.1, -0.05) is 6.07 Å². The number of ketones is 1. The van der Waals surface area contributed by atoms with Crippen LogP contribution in [0.25, 0.3) is 0 Å². The molecule has 5 nitrogen and oxygen atoms in total. The van der Waals surface area contributed by atoms with Gasteiger partial charge < -0.3 is 10.1 Å². The highest BCUT2D eigenvalue weighted by Crippen LogP contribution is 2.18. The third kappa shape index (κ3) is 4.54.